The molecule has 0 aliphatic rings. The van der Waals surface area contributed by atoms with Crippen LogP contribution in [0.4, 0.5) is 13.2 Å². The SMILES string of the molecule is CC(C)N(Cc1cccc(OS(=O)(=O)c2cccc(C(F)(F)F)c2)c1)S(=O)(=O)c1cccc2cccnc12. The number of rotatable bonds is 8. The molecule has 7 nitrogen and oxygen atoms in total. The zero-order valence-corrected chi connectivity index (χ0v) is 21.9. The maximum Gasteiger partial charge on any atom is 0.416 e. The van der Waals surface area contributed by atoms with Gasteiger partial charge in [0.2, 0.25) is 10.0 Å². The number of hydrogen-bond acceptors (Lipinski definition) is 6. The Kier molecular flexibility index (Phi) is 7.51. The quantitative estimate of drug-likeness (QED) is 0.258. The van der Waals surface area contributed by atoms with Crippen molar-refractivity contribution in [1.29, 1.82) is 0 Å². The predicted octanol–water partition coefficient (Wildman–Crippen LogP) is 5.62. The van der Waals surface area contributed by atoms with E-state index < -0.39 is 42.8 Å². The summed E-state index contributed by atoms with van der Waals surface area (Å²) >= 11 is 0. The molecule has 0 saturated heterocycles. The van der Waals surface area contributed by atoms with Crippen LogP contribution < -0.4 is 4.18 Å². The van der Waals surface area contributed by atoms with Gasteiger partial charge in [-0.15, -0.1) is 0 Å². The summed E-state index contributed by atoms with van der Waals surface area (Å²) < 4.78 is 98.2. The van der Waals surface area contributed by atoms with Crippen molar-refractivity contribution in [3.8, 4) is 5.75 Å². The maximum atomic E-state index is 13.7. The minimum atomic E-state index is -4.73. The number of pyridine rings is 1. The fraction of sp³-hybridized carbons (Fsp3) is 0.192. The molecule has 0 atom stereocenters. The number of benzene rings is 3. The summed E-state index contributed by atoms with van der Waals surface area (Å²) in [4.78, 5) is 3.61. The van der Waals surface area contributed by atoms with Gasteiger partial charge in [-0.05, 0) is 61.9 Å². The van der Waals surface area contributed by atoms with E-state index in [9.17, 15) is 30.0 Å². The van der Waals surface area contributed by atoms with Gasteiger partial charge in [-0.25, -0.2) is 8.42 Å². The Labute approximate surface area is 218 Å². The predicted molar refractivity (Wildman–Crippen MR) is 135 cm³/mol. The van der Waals surface area contributed by atoms with Crippen molar-refractivity contribution in [3.05, 3.63) is 96.2 Å². The van der Waals surface area contributed by atoms with Gasteiger partial charge >= 0.3 is 16.3 Å². The molecule has 0 unspecified atom stereocenters. The van der Waals surface area contributed by atoms with Crippen LogP contribution in [0.25, 0.3) is 10.9 Å². The highest BCUT2D eigenvalue weighted by Gasteiger charge is 2.32. The minimum Gasteiger partial charge on any atom is -0.379 e. The van der Waals surface area contributed by atoms with Crippen LogP contribution >= 0.6 is 0 Å². The zero-order chi connectivity index (χ0) is 27.7. The largest absolute Gasteiger partial charge is 0.416 e. The first-order valence-electron chi connectivity index (χ1n) is 11.4. The van der Waals surface area contributed by atoms with Crippen molar-refractivity contribution < 1.29 is 34.2 Å². The zero-order valence-electron chi connectivity index (χ0n) is 20.3. The summed E-state index contributed by atoms with van der Waals surface area (Å²) in [6, 6.07) is 16.8. The van der Waals surface area contributed by atoms with Gasteiger partial charge in [0, 0.05) is 24.2 Å². The Hall–Kier alpha value is -3.48. The fourth-order valence-corrected chi connectivity index (χ4v) is 6.60. The fourth-order valence-electron chi connectivity index (χ4n) is 3.83. The van der Waals surface area contributed by atoms with E-state index >= 15 is 0 Å². The Balaban J connectivity index is 1.63. The van der Waals surface area contributed by atoms with E-state index in [1.807, 2.05) is 0 Å². The van der Waals surface area contributed by atoms with E-state index in [1.54, 1.807) is 44.2 Å². The molecule has 4 rings (SSSR count). The van der Waals surface area contributed by atoms with Crippen molar-refractivity contribution in [1.82, 2.24) is 9.29 Å². The Morgan fingerprint density at radius 2 is 1.58 bits per heavy atom. The lowest BCUT2D eigenvalue weighted by molar-refractivity contribution is -0.137. The van der Waals surface area contributed by atoms with Gasteiger partial charge in [0.1, 0.15) is 15.5 Å². The molecular weight excluding hydrogens is 541 g/mol. The Morgan fingerprint density at radius 3 is 2.29 bits per heavy atom. The van der Waals surface area contributed by atoms with Crippen LogP contribution in [0, 0.1) is 0 Å². The summed E-state index contributed by atoms with van der Waals surface area (Å²) in [6.45, 7) is 3.28. The molecule has 0 radical (unpaired) electrons. The van der Waals surface area contributed by atoms with Crippen LogP contribution in [0.15, 0.2) is 94.9 Å². The highest BCUT2D eigenvalue weighted by atomic mass is 32.2. The molecule has 1 aromatic heterocycles. The highest BCUT2D eigenvalue weighted by molar-refractivity contribution is 7.89. The van der Waals surface area contributed by atoms with E-state index in [0.29, 0.717) is 22.5 Å². The molecule has 3 aromatic carbocycles. The number of halogens is 3. The first-order chi connectivity index (χ1) is 17.8. The van der Waals surface area contributed by atoms with Gasteiger partial charge in [-0.2, -0.15) is 25.9 Å². The second-order valence-electron chi connectivity index (χ2n) is 8.69. The molecule has 12 heteroatoms. The Morgan fingerprint density at radius 1 is 0.895 bits per heavy atom. The van der Waals surface area contributed by atoms with E-state index in [4.69, 9.17) is 4.18 Å². The average Bonchev–Trinajstić information content (AvgIpc) is 2.86. The number of nitrogens with zero attached hydrogens (tertiary/aromatic N) is 2. The smallest absolute Gasteiger partial charge is 0.379 e. The van der Waals surface area contributed by atoms with Crippen LogP contribution in [0.1, 0.15) is 25.0 Å². The third-order valence-corrected chi connectivity index (χ3v) is 8.95. The monoisotopic (exact) mass is 564 g/mol. The summed E-state index contributed by atoms with van der Waals surface area (Å²) in [6.07, 6.45) is -3.22. The molecule has 200 valence electrons. The number of sulfonamides is 1. The van der Waals surface area contributed by atoms with Gasteiger partial charge in [0.15, 0.2) is 0 Å². The van der Waals surface area contributed by atoms with Crippen LogP contribution in [0.5, 0.6) is 5.75 Å². The van der Waals surface area contributed by atoms with Crippen molar-refractivity contribution in [2.75, 3.05) is 0 Å². The van der Waals surface area contributed by atoms with Crippen molar-refractivity contribution in [2.45, 2.75) is 42.4 Å². The molecule has 0 aliphatic carbocycles. The summed E-state index contributed by atoms with van der Waals surface area (Å²) in [5, 5.41) is 0.660. The van der Waals surface area contributed by atoms with Crippen molar-refractivity contribution >= 4 is 31.0 Å². The van der Waals surface area contributed by atoms with E-state index in [0.717, 1.165) is 18.2 Å². The van der Waals surface area contributed by atoms with Gasteiger partial charge in [0.05, 0.1) is 11.1 Å². The summed E-state index contributed by atoms with van der Waals surface area (Å²) in [5.41, 5.74) is -0.395. The van der Waals surface area contributed by atoms with Gasteiger partial charge in [-0.1, -0.05) is 36.4 Å². The second-order valence-corrected chi connectivity index (χ2v) is 12.1. The lowest BCUT2D eigenvalue weighted by atomic mass is 10.2. The van der Waals surface area contributed by atoms with Crippen molar-refractivity contribution in [2.24, 2.45) is 0 Å². The summed E-state index contributed by atoms with van der Waals surface area (Å²) in [7, 11) is -8.62. The normalized spacial score (nSPS) is 12.8. The molecule has 0 N–H and O–H groups in total. The molecule has 0 aliphatic heterocycles. The third-order valence-electron chi connectivity index (χ3n) is 5.65. The lowest BCUT2D eigenvalue weighted by Crippen LogP contribution is -2.36. The molecular formula is C26H23F3N2O5S2. The topological polar surface area (TPSA) is 93.6 Å². The Bertz CT molecular complexity index is 1680. The first-order valence-corrected chi connectivity index (χ1v) is 14.2. The van der Waals surface area contributed by atoms with Crippen LogP contribution in [0.3, 0.4) is 0 Å². The van der Waals surface area contributed by atoms with Gasteiger partial charge in [-0.3, -0.25) is 4.98 Å². The molecule has 0 spiro atoms. The number of hydrogen-bond donors (Lipinski definition) is 0. The summed E-state index contributed by atoms with van der Waals surface area (Å²) in [5.74, 6) is -0.173. The number of para-hydroxylation sites is 1. The molecule has 0 bridgehead atoms. The molecule has 0 amide bonds. The molecule has 0 saturated carbocycles. The van der Waals surface area contributed by atoms with Crippen LogP contribution in [-0.2, 0) is 32.9 Å². The first kappa shape index (κ1) is 27.6. The van der Waals surface area contributed by atoms with Crippen LogP contribution in [-0.4, -0.2) is 32.2 Å². The minimum absolute atomic E-state index is 0.0313. The second kappa shape index (κ2) is 10.4. The van der Waals surface area contributed by atoms with Crippen molar-refractivity contribution in [3.63, 3.8) is 0 Å². The van der Waals surface area contributed by atoms with E-state index in [1.165, 1.54) is 34.8 Å². The van der Waals surface area contributed by atoms with Gasteiger partial charge in [0.25, 0.3) is 0 Å². The standard InChI is InChI=1S/C26H23F3N2O5S2/c1-18(2)31(37(32,33)24-13-4-8-20-9-6-14-30-25(20)24)17-19-7-3-11-22(15-19)36-38(34,35)23-12-5-10-21(16-23)26(27,28)29/h3-16,18H,17H2,1-2H3. The molecule has 4 aromatic rings. The van der Waals surface area contributed by atoms with E-state index in [2.05, 4.69) is 4.98 Å². The highest BCUT2D eigenvalue weighted by Crippen LogP contribution is 2.32. The lowest BCUT2D eigenvalue weighted by Gasteiger charge is -2.26. The number of alkyl halides is 3. The van der Waals surface area contributed by atoms with Gasteiger partial charge < -0.3 is 4.18 Å². The van der Waals surface area contributed by atoms with E-state index in [-0.39, 0.29) is 17.2 Å². The van der Waals surface area contributed by atoms with Crippen LogP contribution in [0.2, 0.25) is 0 Å². The number of fused-ring (bicyclic) bond motifs is 1. The molecule has 1 heterocycles. The average molecular weight is 565 g/mol. The third kappa shape index (κ3) is 5.82. The maximum absolute atomic E-state index is 13.7. The molecule has 38 heavy (non-hydrogen) atoms. The molecule has 0 fully saturated rings. The number of aromatic nitrogens is 1.